The summed E-state index contributed by atoms with van der Waals surface area (Å²) in [6.07, 6.45) is 6.92. The van der Waals surface area contributed by atoms with Crippen molar-refractivity contribution in [2.45, 2.75) is 18.9 Å². The Labute approximate surface area is 83.8 Å². The standard InChI is InChI=1S/C11H14N2O/c14-9-11(13-6-1-2-7-13)10-4-3-5-12-8-10/h3-5,8-9,11H,1-2,6-7H2. The van der Waals surface area contributed by atoms with Crippen LogP contribution in [0.25, 0.3) is 0 Å². The highest BCUT2D eigenvalue weighted by molar-refractivity contribution is 5.61. The zero-order chi connectivity index (χ0) is 9.80. The second-order valence-corrected chi connectivity index (χ2v) is 3.61. The molecule has 1 atom stereocenters. The average Bonchev–Trinajstić information content (AvgIpc) is 2.74. The van der Waals surface area contributed by atoms with E-state index >= 15 is 0 Å². The molecule has 1 aliphatic heterocycles. The normalized spacial score (nSPS) is 19.4. The van der Waals surface area contributed by atoms with Gasteiger partial charge in [-0.25, -0.2) is 0 Å². The van der Waals surface area contributed by atoms with Gasteiger partial charge in [-0.15, -0.1) is 0 Å². The molecule has 1 fully saturated rings. The zero-order valence-electron chi connectivity index (χ0n) is 8.10. The Hall–Kier alpha value is -1.22. The summed E-state index contributed by atoms with van der Waals surface area (Å²) in [7, 11) is 0. The van der Waals surface area contributed by atoms with Crippen molar-refractivity contribution in [1.29, 1.82) is 0 Å². The largest absolute Gasteiger partial charge is 0.301 e. The third kappa shape index (κ3) is 1.82. The molecule has 1 unspecified atom stereocenters. The van der Waals surface area contributed by atoms with E-state index in [4.69, 9.17) is 0 Å². The number of nitrogens with zero attached hydrogens (tertiary/aromatic N) is 2. The summed E-state index contributed by atoms with van der Waals surface area (Å²) in [6, 6.07) is 3.75. The van der Waals surface area contributed by atoms with Gasteiger partial charge < -0.3 is 4.79 Å². The Kier molecular flexibility index (Phi) is 2.89. The molecule has 0 bridgehead atoms. The maximum Gasteiger partial charge on any atom is 0.141 e. The van der Waals surface area contributed by atoms with Crippen LogP contribution in [0.1, 0.15) is 24.4 Å². The molecule has 14 heavy (non-hydrogen) atoms. The third-order valence-corrected chi connectivity index (χ3v) is 2.69. The van der Waals surface area contributed by atoms with Gasteiger partial charge in [0, 0.05) is 12.4 Å². The quantitative estimate of drug-likeness (QED) is 0.676. The highest BCUT2D eigenvalue weighted by Crippen LogP contribution is 2.22. The fourth-order valence-corrected chi connectivity index (χ4v) is 1.95. The molecular weight excluding hydrogens is 176 g/mol. The molecule has 3 nitrogen and oxygen atoms in total. The van der Waals surface area contributed by atoms with Crippen molar-refractivity contribution >= 4 is 6.29 Å². The summed E-state index contributed by atoms with van der Waals surface area (Å²) in [5.41, 5.74) is 1.00. The highest BCUT2D eigenvalue weighted by atomic mass is 16.1. The van der Waals surface area contributed by atoms with Crippen LogP contribution in [-0.2, 0) is 4.79 Å². The second kappa shape index (κ2) is 4.33. The van der Waals surface area contributed by atoms with Gasteiger partial charge in [0.15, 0.2) is 0 Å². The number of rotatable bonds is 3. The monoisotopic (exact) mass is 190 g/mol. The van der Waals surface area contributed by atoms with Crippen molar-refractivity contribution in [3.05, 3.63) is 30.1 Å². The lowest BCUT2D eigenvalue weighted by Gasteiger charge is -2.22. The van der Waals surface area contributed by atoms with Gasteiger partial charge >= 0.3 is 0 Å². The van der Waals surface area contributed by atoms with E-state index in [2.05, 4.69) is 9.88 Å². The maximum absolute atomic E-state index is 11.0. The summed E-state index contributed by atoms with van der Waals surface area (Å²) in [5.74, 6) is 0. The molecule has 0 amide bonds. The second-order valence-electron chi connectivity index (χ2n) is 3.61. The lowest BCUT2D eigenvalue weighted by atomic mass is 10.1. The number of hydrogen-bond donors (Lipinski definition) is 0. The predicted octanol–water partition coefficient (Wildman–Crippen LogP) is 1.42. The van der Waals surface area contributed by atoms with Gasteiger partial charge in [-0.05, 0) is 37.6 Å². The molecule has 0 spiro atoms. The van der Waals surface area contributed by atoms with Gasteiger partial charge in [0.05, 0.1) is 6.04 Å². The van der Waals surface area contributed by atoms with E-state index in [1.54, 1.807) is 12.4 Å². The van der Waals surface area contributed by atoms with Crippen LogP contribution in [0.2, 0.25) is 0 Å². The van der Waals surface area contributed by atoms with E-state index < -0.39 is 0 Å². The minimum absolute atomic E-state index is 0.0915. The molecule has 0 saturated carbocycles. The average molecular weight is 190 g/mol. The minimum atomic E-state index is -0.0915. The third-order valence-electron chi connectivity index (χ3n) is 2.69. The summed E-state index contributed by atoms with van der Waals surface area (Å²) in [6.45, 7) is 2.05. The molecule has 2 heterocycles. The molecule has 1 saturated heterocycles. The van der Waals surface area contributed by atoms with Gasteiger partial charge in [-0.3, -0.25) is 9.88 Å². The molecule has 1 aromatic heterocycles. The number of carbonyl (C=O) groups is 1. The number of hydrogen-bond acceptors (Lipinski definition) is 3. The number of carbonyl (C=O) groups excluding carboxylic acids is 1. The fourth-order valence-electron chi connectivity index (χ4n) is 1.95. The van der Waals surface area contributed by atoms with Crippen molar-refractivity contribution in [3.63, 3.8) is 0 Å². The van der Waals surface area contributed by atoms with Gasteiger partial charge in [-0.1, -0.05) is 6.07 Å². The van der Waals surface area contributed by atoms with Gasteiger partial charge in [-0.2, -0.15) is 0 Å². The molecule has 74 valence electrons. The Bertz CT molecular complexity index is 293. The number of pyridine rings is 1. The summed E-state index contributed by atoms with van der Waals surface area (Å²) < 4.78 is 0. The maximum atomic E-state index is 11.0. The Morgan fingerprint density at radius 1 is 1.43 bits per heavy atom. The van der Waals surface area contributed by atoms with Crippen molar-refractivity contribution in [3.8, 4) is 0 Å². The molecule has 0 aliphatic carbocycles. The molecule has 1 aromatic rings. The van der Waals surface area contributed by atoms with Crippen LogP contribution in [-0.4, -0.2) is 29.3 Å². The minimum Gasteiger partial charge on any atom is -0.301 e. The van der Waals surface area contributed by atoms with Crippen LogP contribution >= 0.6 is 0 Å². The van der Waals surface area contributed by atoms with E-state index in [0.29, 0.717) is 0 Å². The Morgan fingerprint density at radius 3 is 2.79 bits per heavy atom. The predicted molar refractivity (Wildman–Crippen MR) is 53.8 cm³/mol. The van der Waals surface area contributed by atoms with E-state index in [9.17, 15) is 4.79 Å². The first-order chi connectivity index (χ1) is 6.92. The van der Waals surface area contributed by atoms with Crippen LogP contribution in [0.4, 0.5) is 0 Å². The van der Waals surface area contributed by atoms with Crippen molar-refractivity contribution < 1.29 is 4.79 Å². The first-order valence-corrected chi connectivity index (χ1v) is 5.01. The highest BCUT2D eigenvalue weighted by Gasteiger charge is 2.22. The molecular formula is C11H14N2O. The lowest BCUT2D eigenvalue weighted by molar-refractivity contribution is -0.112. The van der Waals surface area contributed by atoms with E-state index in [0.717, 1.165) is 24.9 Å². The first kappa shape index (κ1) is 9.34. The van der Waals surface area contributed by atoms with Crippen LogP contribution in [0, 0.1) is 0 Å². The summed E-state index contributed by atoms with van der Waals surface area (Å²) >= 11 is 0. The summed E-state index contributed by atoms with van der Waals surface area (Å²) in [5, 5.41) is 0. The molecule has 0 N–H and O–H groups in total. The number of likely N-dealkylation sites (tertiary alicyclic amines) is 1. The van der Waals surface area contributed by atoms with Crippen molar-refractivity contribution in [2.24, 2.45) is 0 Å². The first-order valence-electron chi connectivity index (χ1n) is 5.01. The van der Waals surface area contributed by atoms with Gasteiger partial charge in [0.25, 0.3) is 0 Å². The number of aldehydes is 1. The topological polar surface area (TPSA) is 33.2 Å². The number of aromatic nitrogens is 1. The smallest absolute Gasteiger partial charge is 0.141 e. The van der Waals surface area contributed by atoms with Crippen LogP contribution < -0.4 is 0 Å². The lowest BCUT2D eigenvalue weighted by Crippen LogP contribution is -2.26. The van der Waals surface area contributed by atoms with E-state index in [1.807, 2.05) is 12.1 Å². The van der Waals surface area contributed by atoms with E-state index in [1.165, 1.54) is 12.8 Å². The molecule has 1 aliphatic rings. The molecule has 2 rings (SSSR count). The Morgan fingerprint density at radius 2 is 2.21 bits per heavy atom. The zero-order valence-corrected chi connectivity index (χ0v) is 8.10. The molecule has 0 aromatic carbocycles. The SMILES string of the molecule is O=CC(c1cccnc1)N1CCCC1. The van der Waals surface area contributed by atoms with E-state index in [-0.39, 0.29) is 6.04 Å². The van der Waals surface area contributed by atoms with Gasteiger partial charge in [0.1, 0.15) is 6.29 Å². The van der Waals surface area contributed by atoms with Crippen molar-refractivity contribution in [2.75, 3.05) is 13.1 Å². The van der Waals surface area contributed by atoms with Crippen LogP contribution in [0.5, 0.6) is 0 Å². The Balaban J connectivity index is 2.16. The summed E-state index contributed by atoms with van der Waals surface area (Å²) in [4.78, 5) is 17.3. The molecule has 0 radical (unpaired) electrons. The van der Waals surface area contributed by atoms with Crippen molar-refractivity contribution in [1.82, 2.24) is 9.88 Å². The van der Waals surface area contributed by atoms with Gasteiger partial charge in [0.2, 0.25) is 0 Å². The molecule has 3 heteroatoms. The fraction of sp³-hybridized carbons (Fsp3) is 0.455. The van der Waals surface area contributed by atoms with Crippen LogP contribution in [0.3, 0.4) is 0 Å². The van der Waals surface area contributed by atoms with Crippen LogP contribution in [0.15, 0.2) is 24.5 Å².